The average Bonchev–Trinajstić information content (AvgIpc) is 2.46. The van der Waals surface area contributed by atoms with E-state index in [2.05, 4.69) is 24.4 Å². The molecule has 1 aromatic rings. The van der Waals surface area contributed by atoms with Crippen molar-refractivity contribution in [3.8, 4) is 0 Å². The normalized spacial score (nSPS) is 17.7. The summed E-state index contributed by atoms with van der Waals surface area (Å²) in [4.78, 5) is 14.6. The van der Waals surface area contributed by atoms with E-state index in [0.717, 1.165) is 12.1 Å². The Labute approximate surface area is 128 Å². The summed E-state index contributed by atoms with van der Waals surface area (Å²) in [6.45, 7) is 2.89. The van der Waals surface area contributed by atoms with Crippen LogP contribution >= 0.6 is 0 Å². The molecule has 3 heteroatoms. The fourth-order valence-electron chi connectivity index (χ4n) is 3.26. The van der Waals surface area contributed by atoms with E-state index in [9.17, 15) is 4.79 Å². The summed E-state index contributed by atoms with van der Waals surface area (Å²) in [5.41, 5.74) is 2.26. The van der Waals surface area contributed by atoms with Crippen molar-refractivity contribution < 1.29 is 4.79 Å². The monoisotopic (exact) mass is 288 g/mol. The highest BCUT2D eigenvalue weighted by atomic mass is 16.2. The van der Waals surface area contributed by atoms with Gasteiger partial charge in [-0.25, -0.2) is 0 Å². The molecule has 1 aliphatic carbocycles. The van der Waals surface area contributed by atoms with Gasteiger partial charge in [0.1, 0.15) is 6.04 Å². The van der Waals surface area contributed by atoms with Crippen LogP contribution in [0, 0.1) is 12.8 Å². The molecule has 2 rings (SSSR count). The van der Waals surface area contributed by atoms with Crippen LogP contribution in [0.1, 0.15) is 49.3 Å². The summed E-state index contributed by atoms with van der Waals surface area (Å²) < 4.78 is 0. The Balaban J connectivity index is 1.99. The van der Waals surface area contributed by atoms with Crippen LogP contribution in [-0.2, 0) is 4.79 Å². The minimum absolute atomic E-state index is 0.121. The lowest BCUT2D eigenvalue weighted by Crippen LogP contribution is -2.39. The smallest absolute Gasteiger partial charge is 0.241 e. The van der Waals surface area contributed by atoms with Crippen LogP contribution in [0.5, 0.6) is 0 Å². The SMILES string of the molecule is Cc1cccc([C@@H](C(=O)NCC2CCCCC2)N(C)C)c1. The van der Waals surface area contributed by atoms with Gasteiger partial charge in [0.2, 0.25) is 5.91 Å². The number of hydrogen-bond donors (Lipinski definition) is 1. The molecule has 21 heavy (non-hydrogen) atoms. The number of carbonyl (C=O) groups is 1. The third-order valence-electron chi connectivity index (χ3n) is 4.41. The van der Waals surface area contributed by atoms with Gasteiger partial charge in [-0.2, -0.15) is 0 Å². The molecule has 1 N–H and O–H groups in total. The first-order valence-electron chi connectivity index (χ1n) is 8.08. The van der Waals surface area contributed by atoms with Gasteiger partial charge in [0.25, 0.3) is 0 Å². The zero-order chi connectivity index (χ0) is 15.2. The summed E-state index contributed by atoms with van der Waals surface area (Å²) in [5.74, 6) is 0.791. The Bertz CT molecular complexity index is 464. The molecule has 1 fully saturated rings. The first-order chi connectivity index (χ1) is 10.1. The van der Waals surface area contributed by atoms with Crippen molar-refractivity contribution in [2.24, 2.45) is 5.92 Å². The third kappa shape index (κ3) is 4.57. The zero-order valence-corrected chi connectivity index (χ0v) is 13.6. The average molecular weight is 288 g/mol. The molecule has 1 atom stereocenters. The van der Waals surface area contributed by atoms with Gasteiger partial charge in [-0.05, 0) is 45.3 Å². The van der Waals surface area contributed by atoms with E-state index < -0.39 is 0 Å². The van der Waals surface area contributed by atoms with E-state index >= 15 is 0 Å². The molecule has 1 amide bonds. The van der Waals surface area contributed by atoms with E-state index in [1.165, 1.54) is 37.7 Å². The van der Waals surface area contributed by atoms with Crippen molar-refractivity contribution in [2.75, 3.05) is 20.6 Å². The summed E-state index contributed by atoms with van der Waals surface area (Å²) >= 11 is 0. The number of nitrogens with one attached hydrogen (secondary N) is 1. The van der Waals surface area contributed by atoms with Gasteiger partial charge in [0.15, 0.2) is 0 Å². The molecule has 1 saturated carbocycles. The van der Waals surface area contributed by atoms with Gasteiger partial charge >= 0.3 is 0 Å². The van der Waals surface area contributed by atoms with Crippen molar-refractivity contribution in [3.05, 3.63) is 35.4 Å². The van der Waals surface area contributed by atoms with Crippen molar-refractivity contribution in [2.45, 2.75) is 45.1 Å². The number of likely N-dealkylation sites (N-methyl/N-ethyl adjacent to an activating group) is 1. The van der Waals surface area contributed by atoms with Crippen LogP contribution in [-0.4, -0.2) is 31.4 Å². The number of rotatable bonds is 5. The van der Waals surface area contributed by atoms with Crippen molar-refractivity contribution >= 4 is 5.91 Å². The van der Waals surface area contributed by atoms with Gasteiger partial charge in [-0.1, -0.05) is 49.1 Å². The lowest BCUT2D eigenvalue weighted by molar-refractivity contribution is -0.126. The van der Waals surface area contributed by atoms with Gasteiger partial charge in [-0.3, -0.25) is 9.69 Å². The molecule has 0 aliphatic heterocycles. The highest BCUT2D eigenvalue weighted by Gasteiger charge is 2.24. The van der Waals surface area contributed by atoms with E-state index in [4.69, 9.17) is 0 Å². The number of nitrogens with zero attached hydrogens (tertiary/aromatic N) is 1. The molecule has 0 heterocycles. The van der Waals surface area contributed by atoms with Crippen molar-refractivity contribution in [3.63, 3.8) is 0 Å². The van der Waals surface area contributed by atoms with Crippen LogP contribution in [0.3, 0.4) is 0 Å². The second-order valence-corrected chi connectivity index (χ2v) is 6.53. The molecule has 0 aromatic heterocycles. The molecule has 3 nitrogen and oxygen atoms in total. The fourth-order valence-corrected chi connectivity index (χ4v) is 3.26. The first-order valence-corrected chi connectivity index (χ1v) is 8.08. The molecular weight excluding hydrogens is 260 g/mol. The maximum absolute atomic E-state index is 12.6. The van der Waals surface area contributed by atoms with Crippen LogP contribution in [0.4, 0.5) is 0 Å². The first kappa shape index (κ1) is 16.0. The van der Waals surface area contributed by atoms with E-state index in [-0.39, 0.29) is 11.9 Å². The summed E-state index contributed by atoms with van der Waals surface area (Å²) in [6.07, 6.45) is 6.51. The number of benzene rings is 1. The third-order valence-corrected chi connectivity index (χ3v) is 4.41. The standard InChI is InChI=1S/C18H28N2O/c1-14-8-7-11-16(12-14)17(20(2)3)18(21)19-13-15-9-5-4-6-10-15/h7-8,11-12,15,17H,4-6,9-10,13H2,1-3H3,(H,19,21)/t17-/m0/s1. The Kier molecular flexibility index (Phi) is 5.80. The Morgan fingerprint density at radius 1 is 1.29 bits per heavy atom. The van der Waals surface area contributed by atoms with Crippen LogP contribution in [0.2, 0.25) is 0 Å². The maximum atomic E-state index is 12.6. The molecule has 1 aliphatic rings. The van der Waals surface area contributed by atoms with Crippen LogP contribution in [0.25, 0.3) is 0 Å². The summed E-state index contributed by atoms with van der Waals surface area (Å²) in [7, 11) is 3.93. The molecule has 116 valence electrons. The molecule has 1 aromatic carbocycles. The zero-order valence-electron chi connectivity index (χ0n) is 13.6. The van der Waals surface area contributed by atoms with E-state index in [1.54, 1.807) is 0 Å². The van der Waals surface area contributed by atoms with Gasteiger partial charge in [-0.15, -0.1) is 0 Å². The number of hydrogen-bond acceptors (Lipinski definition) is 2. The molecule has 0 spiro atoms. The highest BCUT2D eigenvalue weighted by Crippen LogP contribution is 2.24. The molecule has 0 saturated heterocycles. The van der Waals surface area contributed by atoms with Crippen molar-refractivity contribution in [1.29, 1.82) is 0 Å². The molecule has 0 unspecified atom stereocenters. The Hall–Kier alpha value is -1.35. The molecular formula is C18H28N2O. The highest BCUT2D eigenvalue weighted by molar-refractivity contribution is 5.83. The Morgan fingerprint density at radius 2 is 2.00 bits per heavy atom. The van der Waals surface area contributed by atoms with E-state index in [0.29, 0.717) is 5.92 Å². The minimum atomic E-state index is -0.200. The van der Waals surface area contributed by atoms with Gasteiger partial charge in [0, 0.05) is 6.54 Å². The lowest BCUT2D eigenvalue weighted by atomic mass is 9.89. The fraction of sp³-hybridized carbons (Fsp3) is 0.611. The van der Waals surface area contributed by atoms with Crippen molar-refractivity contribution in [1.82, 2.24) is 10.2 Å². The maximum Gasteiger partial charge on any atom is 0.241 e. The number of aryl methyl sites for hydroxylation is 1. The second kappa shape index (κ2) is 7.60. The molecule has 0 radical (unpaired) electrons. The van der Waals surface area contributed by atoms with Gasteiger partial charge < -0.3 is 5.32 Å². The van der Waals surface area contributed by atoms with Crippen LogP contribution in [0.15, 0.2) is 24.3 Å². The number of amides is 1. The topological polar surface area (TPSA) is 32.3 Å². The lowest BCUT2D eigenvalue weighted by Gasteiger charge is -2.27. The predicted molar refractivity (Wildman–Crippen MR) is 87.2 cm³/mol. The Morgan fingerprint density at radius 3 is 2.62 bits per heavy atom. The van der Waals surface area contributed by atoms with E-state index in [1.807, 2.05) is 31.1 Å². The quantitative estimate of drug-likeness (QED) is 0.901. The summed E-state index contributed by atoms with van der Waals surface area (Å²) in [5, 5.41) is 3.17. The second-order valence-electron chi connectivity index (χ2n) is 6.53. The summed E-state index contributed by atoms with van der Waals surface area (Å²) in [6, 6.07) is 8.03. The predicted octanol–water partition coefficient (Wildman–Crippen LogP) is 3.29. The van der Waals surface area contributed by atoms with Crippen LogP contribution < -0.4 is 5.32 Å². The molecule has 0 bridgehead atoms. The number of carbonyl (C=O) groups excluding carboxylic acids is 1. The van der Waals surface area contributed by atoms with Gasteiger partial charge in [0.05, 0.1) is 0 Å². The minimum Gasteiger partial charge on any atom is -0.354 e. The largest absolute Gasteiger partial charge is 0.354 e.